The van der Waals surface area contributed by atoms with Crippen molar-refractivity contribution in [3.05, 3.63) is 76.6 Å². The summed E-state index contributed by atoms with van der Waals surface area (Å²) in [7, 11) is 1.28. The highest BCUT2D eigenvalue weighted by Gasteiger charge is 2.25. The van der Waals surface area contributed by atoms with Crippen LogP contribution in [0.1, 0.15) is 10.4 Å². The minimum Gasteiger partial charge on any atom is -0.465 e. The van der Waals surface area contributed by atoms with Crippen molar-refractivity contribution in [1.29, 1.82) is 0 Å². The molecule has 0 saturated carbocycles. The van der Waals surface area contributed by atoms with E-state index < -0.39 is 10.9 Å². The molecule has 0 atom stereocenters. The van der Waals surface area contributed by atoms with Crippen LogP contribution in [0.5, 0.6) is 11.6 Å². The van der Waals surface area contributed by atoms with E-state index in [1.54, 1.807) is 0 Å². The molecule has 1 heterocycles. The summed E-state index contributed by atoms with van der Waals surface area (Å²) in [5.74, 6) is -0.379. The van der Waals surface area contributed by atoms with Gasteiger partial charge in [0.05, 0.1) is 17.6 Å². The van der Waals surface area contributed by atoms with E-state index in [1.807, 2.05) is 30.3 Å². The number of nitrogens with zero attached hydrogens (tertiary/aromatic N) is 3. The second-order valence-corrected chi connectivity index (χ2v) is 6.19. The average molecular weight is 383 g/mol. The largest absolute Gasteiger partial charge is 0.465 e. The van der Waals surface area contributed by atoms with Crippen molar-refractivity contribution in [3.63, 3.8) is 0 Å². The Balaban J connectivity index is 1.90. The molecule has 3 rings (SSSR count). The van der Waals surface area contributed by atoms with Crippen LogP contribution in [0.4, 0.5) is 5.69 Å². The number of esters is 1. The Labute approximate surface area is 158 Å². The van der Waals surface area contributed by atoms with Crippen LogP contribution in [0.15, 0.2) is 70.8 Å². The van der Waals surface area contributed by atoms with Gasteiger partial charge in [-0.15, -0.1) is 0 Å². The fourth-order valence-electron chi connectivity index (χ4n) is 2.14. The quantitative estimate of drug-likeness (QED) is 0.271. The molecule has 0 aliphatic carbocycles. The van der Waals surface area contributed by atoms with E-state index in [0.29, 0.717) is 11.3 Å². The Morgan fingerprint density at radius 1 is 1.07 bits per heavy atom. The van der Waals surface area contributed by atoms with Crippen molar-refractivity contribution in [2.75, 3.05) is 7.11 Å². The molecule has 8 nitrogen and oxygen atoms in total. The summed E-state index contributed by atoms with van der Waals surface area (Å²) in [6.45, 7) is 0. The van der Waals surface area contributed by atoms with E-state index in [-0.39, 0.29) is 16.6 Å². The lowest BCUT2D eigenvalue weighted by molar-refractivity contribution is -0.389. The third kappa shape index (κ3) is 4.39. The monoisotopic (exact) mass is 383 g/mol. The van der Waals surface area contributed by atoms with Gasteiger partial charge in [-0.3, -0.25) is 10.1 Å². The molecule has 27 heavy (non-hydrogen) atoms. The number of hydrogen-bond acceptors (Lipinski definition) is 8. The van der Waals surface area contributed by atoms with E-state index in [1.165, 1.54) is 37.7 Å². The Kier molecular flexibility index (Phi) is 5.62. The van der Waals surface area contributed by atoms with Crippen LogP contribution in [0.25, 0.3) is 0 Å². The smallest absolute Gasteiger partial charge is 0.363 e. The summed E-state index contributed by atoms with van der Waals surface area (Å²) < 4.78 is 10.2. The first-order chi connectivity index (χ1) is 13.1. The summed E-state index contributed by atoms with van der Waals surface area (Å²) >= 11 is 1.14. The van der Waals surface area contributed by atoms with E-state index in [4.69, 9.17) is 4.74 Å². The number of nitro groups is 1. The molecule has 0 fully saturated rings. The van der Waals surface area contributed by atoms with Crippen LogP contribution in [-0.4, -0.2) is 28.0 Å². The standard InChI is InChI=1S/C18H13N3O5S/c1-25-18(22)12-7-9-13(10-8-12)26-16-15(21(23)24)17(20-11-19-16)27-14-5-3-2-4-6-14/h2-11H,1H3. The fourth-order valence-corrected chi connectivity index (χ4v) is 3.02. The van der Waals surface area contributed by atoms with Gasteiger partial charge < -0.3 is 9.47 Å². The number of hydrogen-bond donors (Lipinski definition) is 0. The van der Waals surface area contributed by atoms with Gasteiger partial charge in [0.1, 0.15) is 12.1 Å². The maximum absolute atomic E-state index is 11.6. The number of ether oxygens (including phenoxy) is 2. The first-order valence-corrected chi connectivity index (χ1v) is 8.48. The maximum atomic E-state index is 11.6. The van der Waals surface area contributed by atoms with E-state index >= 15 is 0 Å². The number of carbonyl (C=O) groups is 1. The van der Waals surface area contributed by atoms with Crippen molar-refractivity contribution in [1.82, 2.24) is 9.97 Å². The van der Waals surface area contributed by atoms with E-state index in [2.05, 4.69) is 14.7 Å². The Morgan fingerprint density at radius 2 is 1.78 bits per heavy atom. The van der Waals surface area contributed by atoms with Gasteiger partial charge in [0.2, 0.25) is 0 Å². The van der Waals surface area contributed by atoms with Gasteiger partial charge in [0.15, 0.2) is 5.03 Å². The van der Waals surface area contributed by atoms with Gasteiger partial charge in [-0.1, -0.05) is 30.0 Å². The zero-order chi connectivity index (χ0) is 19.2. The van der Waals surface area contributed by atoms with Crippen molar-refractivity contribution in [3.8, 4) is 11.6 Å². The average Bonchev–Trinajstić information content (AvgIpc) is 2.68. The molecule has 0 aliphatic heterocycles. The van der Waals surface area contributed by atoms with E-state index in [0.717, 1.165) is 16.7 Å². The van der Waals surface area contributed by atoms with Gasteiger partial charge in [0, 0.05) is 4.90 Å². The number of rotatable bonds is 6. The molecule has 0 unspecified atom stereocenters. The van der Waals surface area contributed by atoms with Crippen LogP contribution < -0.4 is 4.74 Å². The number of methoxy groups -OCH3 is 1. The number of benzene rings is 2. The predicted octanol–water partition coefficient (Wildman–Crippen LogP) is 4.11. The molecule has 0 saturated heterocycles. The van der Waals surface area contributed by atoms with Crippen molar-refractivity contribution < 1.29 is 19.2 Å². The number of carbonyl (C=O) groups excluding carboxylic acids is 1. The fraction of sp³-hybridized carbons (Fsp3) is 0.0556. The normalized spacial score (nSPS) is 10.3. The number of aromatic nitrogens is 2. The Hall–Kier alpha value is -3.46. The molecule has 9 heteroatoms. The summed E-state index contributed by atoms with van der Waals surface area (Å²) in [6.07, 6.45) is 1.20. The molecule has 136 valence electrons. The minimum absolute atomic E-state index is 0.169. The molecule has 0 radical (unpaired) electrons. The van der Waals surface area contributed by atoms with Crippen molar-refractivity contribution in [2.24, 2.45) is 0 Å². The second-order valence-electron chi connectivity index (χ2n) is 5.12. The van der Waals surface area contributed by atoms with E-state index in [9.17, 15) is 14.9 Å². The zero-order valence-corrected chi connectivity index (χ0v) is 14.9. The lowest BCUT2D eigenvalue weighted by Crippen LogP contribution is -2.02. The molecule has 2 aromatic carbocycles. The van der Waals surface area contributed by atoms with Crippen molar-refractivity contribution >= 4 is 23.4 Å². The summed E-state index contributed by atoms with van der Waals surface area (Å²) in [5, 5.41) is 11.7. The highest BCUT2D eigenvalue weighted by molar-refractivity contribution is 7.99. The van der Waals surface area contributed by atoms with Gasteiger partial charge >= 0.3 is 17.5 Å². The van der Waals surface area contributed by atoms with Gasteiger partial charge in [-0.2, -0.15) is 4.98 Å². The van der Waals surface area contributed by atoms with Gasteiger partial charge in [0.25, 0.3) is 0 Å². The van der Waals surface area contributed by atoms with Crippen molar-refractivity contribution in [2.45, 2.75) is 9.92 Å². The minimum atomic E-state index is -0.580. The lowest BCUT2D eigenvalue weighted by Gasteiger charge is -2.08. The Bertz CT molecular complexity index is 964. The predicted molar refractivity (Wildman–Crippen MR) is 97.1 cm³/mol. The highest BCUT2D eigenvalue weighted by atomic mass is 32.2. The summed E-state index contributed by atoms with van der Waals surface area (Å²) in [4.78, 5) is 31.2. The van der Waals surface area contributed by atoms with Crippen LogP contribution in [0, 0.1) is 10.1 Å². The first kappa shape index (κ1) is 18.3. The maximum Gasteiger partial charge on any atom is 0.363 e. The molecule has 0 N–H and O–H groups in total. The summed E-state index contributed by atoms with van der Waals surface area (Å²) in [5.41, 5.74) is 0.00533. The summed E-state index contributed by atoms with van der Waals surface area (Å²) in [6, 6.07) is 15.1. The molecular formula is C18H13N3O5S. The topological polar surface area (TPSA) is 104 Å². The second kappa shape index (κ2) is 8.28. The molecule has 0 bridgehead atoms. The molecule has 0 amide bonds. The van der Waals surface area contributed by atoms with Crippen LogP contribution in [0.2, 0.25) is 0 Å². The lowest BCUT2D eigenvalue weighted by atomic mass is 10.2. The molecule has 3 aromatic rings. The molecule has 1 aromatic heterocycles. The first-order valence-electron chi connectivity index (χ1n) is 7.67. The van der Waals surface area contributed by atoms with Crippen LogP contribution in [0.3, 0.4) is 0 Å². The molecule has 0 spiro atoms. The Morgan fingerprint density at radius 3 is 2.41 bits per heavy atom. The third-order valence-corrected chi connectivity index (χ3v) is 4.39. The highest BCUT2D eigenvalue weighted by Crippen LogP contribution is 2.39. The van der Waals surface area contributed by atoms with Crippen LogP contribution >= 0.6 is 11.8 Å². The SMILES string of the molecule is COC(=O)c1ccc(Oc2ncnc(Sc3ccccc3)c2[N+](=O)[O-])cc1. The molecular weight excluding hydrogens is 370 g/mol. The van der Waals surface area contributed by atoms with Gasteiger partial charge in [-0.05, 0) is 36.4 Å². The van der Waals surface area contributed by atoms with Crippen LogP contribution in [-0.2, 0) is 4.74 Å². The van der Waals surface area contributed by atoms with Gasteiger partial charge in [-0.25, -0.2) is 9.78 Å². The molecule has 0 aliphatic rings. The zero-order valence-electron chi connectivity index (χ0n) is 14.1. The third-order valence-electron chi connectivity index (χ3n) is 3.39.